The van der Waals surface area contributed by atoms with Gasteiger partial charge in [-0.3, -0.25) is 9.98 Å². The number of unbranched alkanes of at least 4 members (excludes halogenated alkanes) is 4. The van der Waals surface area contributed by atoms with Crippen LogP contribution in [0.2, 0.25) is 0 Å². The SMILES string of the molecule is CCCCc1c(CCCC)c2sc(-c3c4c(c(-c5cc6c(s5)c(CCCC)c(CCCC)c5sccc56)c5ccccc35)=NCN=4)cc2c2ccsc12. The Morgan fingerprint density at radius 3 is 1.26 bits per heavy atom. The van der Waals surface area contributed by atoms with Gasteiger partial charge in [-0.2, -0.15) is 0 Å². The molecule has 2 nitrogen and oxygen atoms in total. The quantitative estimate of drug-likeness (QED) is 0.105. The topological polar surface area (TPSA) is 24.7 Å². The summed E-state index contributed by atoms with van der Waals surface area (Å²) in [7, 11) is 0. The van der Waals surface area contributed by atoms with Crippen molar-refractivity contribution in [2.45, 2.75) is 105 Å². The molecule has 4 aromatic carbocycles. The van der Waals surface area contributed by atoms with E-state index in [0.717, 1.165) is 23.6 Å². The maximum absolute atomic E-state index is 5.21. The zero-order valence-corrected chi connectivity index (χ0v) is 34.8. The molecule has 5 heterocycles. The standard InChI is InChI=1S/C47H48N2S4/c1-5-9-15-30-32(17-11-7-3)46-36(34-21-23-50-44(30)34)25-38(52-46)40-28-19-13-14-20-29(28)41(43-42(40)48-27-49-43)39-26-37-35-22-24-51-45(35)31(16-10-6-2)33(18-12-8-4)47(37)53-39/h13-14,19-26H,5-12,15-18,27H2,1-4H3. The maximum atomic E-state index is 5.21. The molecule has 0 N–H and O–H groups in total. The maximum Gasteiger partial charge on any atom is 0.130 e. The molecule has 0 amide bonds. The van der Waals surface area contributed by atoms with Crippen molar-refractivity contribution in [3.63, 3.8) is 0 Å². The fourth-order valence-corrected chi connectivity index (χ4v) is 13.5. The Balaban J connectivity index is 1.30. The predicted molar refractivity (Wildman–Crippen MR) is 238 cm³/mol. The van der Waals surface area contributed by atoms with Gasteiger partial charge in [0.1, 0.15) is 6.67 Å². The van der Waals surface area contributed by atoms with Gasteiger partial charge in [0.05, 0.1) is 10.7 Å². The molecule has 0 fully saturated rings. The summed E-state index contributed by atoms with van der Waals surface area (Å²) in [4.78, 5) is 13.1. The number of aryl methyl sites for hydroxylation is 4. The number of fused-ring (bicyclic) bond motifs is 8. The molecule has 1 aliphatic heterocycles. The van der Waals surface area contributed by atoms with E-state index >= 15 is 0 Å². The van der Waals surface area contributed by atoms with E-state index < -0.39 is 0 Å². The Hall–Kier alpha value is -3.42. The summed E-state index contributed by atoms with van der Waals surface area (Å²) in [5.74, 6) is 0. The highest BCUT2D eigenvalue weighted by Gasteiger charge is 2.25. The molecular formula is C47H48N2S4. The molecule has 0 spiro atoms. The van der Waals surface area contributed by atoms with Gasteiger partial charge in [0.25, 0.3) is 0 Å². The molecule has 4 aromatic heterocycles. The molecule has 0 saturated heterocycles. The number of rotatable bonds is 14. The van der Waals surface area contributed by atoms with E-state index in [-0.39, 0.29) is 0 Å². The average molecular weight is 769 g/mol. The largest absolute Gasteiger partial charge is 0.259 e. The number of hydrogen-bond donors (Lipinski definition) is 0. The Labute approximate surface area is 329 Å². The van der Waals surface area contributed by atoms with Crippen molar-refractivity contribution in [3.05, 3.63) is 92.3 Å². The third kappa shape index (κ3) is 5.91. The van der Waals surface area contributed by atoms with Crippen LogP contribution in [0.5, 0.6) is 0 Å². The van der Waals surface area contributed by atoms with Crippen LogP contribution in [0, 0.1) is 0 Å². The van der Waals surface area contributed by atoms with Gasteiger partial charge in [0.15, 0.2) is 0 Å². The average Bonchev–Trinajstić information content (AvgIpc) is 4.02. The van der Waals surface area contributed by atoms with E-state index in [0.29, 0.717) is 6.67 Å². The first-order chi connectivity index (χ1) is 26.2. The smallest absolute Gasteiger partial charge is 0.130 e. The van der Waals surface area contributed by atoms with Gasteiger partial charge in [-0.1, -0.05) is 77.6 Å². The number of benzene rings is 4. The van der Waals surface area contributed by atoms with Crippen molar-refractivity contribution in [2.75, 3.05) is 6.67 Å². The Morgan fingerprint density at radius 2 is 0.868 bits per heavy atom. The molecule has 0 radical (unpaired) electrons. The van der Waals surface area contributed by atoms with Crippen LogP contribution in [-0.2, 0) is 25.7 Å². The van der Waals surface area contributed by atoms with Gasteiger partial charge in [-0.15, -0.1) is 45.3 Å². The molecule has 0 aliphatic carbocycles. The summed E-state index contributed by atoms with van der Waals surface area (Å²) in [6.07, 6.45) is 14.5. The van der Waals surface area contributed by atoms with E-state index in [1.807, 2.05) is 45.3 Å². The number of nitrogens with zero attached hydrogens (tertiary/aromatic N) is 2. The first-order valence-electron chi connectivity index (χ1n) is 20.0. The molecule has 0 bridgehead atoms. The molecule has 270 valence electrons. The molecule has 9 rings (SSSR count). The summed E-state index contributed by atoms with van der Waals surface area (Å²) in [6, 6.07) is 18.9. The van der Waals surface area contributed by atoms with Gasteiger partial charge in [0.2, 0.25) is 0 Å². The van der Waals surface area contributed by atoms with Crippen LogP contribution in [0.3, 0.4) is 0 Å². The predicted octanol–water partition coefficient (Wildman–Crippen LogP) is 14.6. The number of hydrogen-bond acceptors (Lipinski definition) is 6. The lowest BCUT2D eigenvalue weighted by Gasteiger charge is -2.13. The summed E-state index contributed by atoms with van der Waals surface area (Å²) in [6.45, 7) is 9.79. The molecule has 0 unspecified atom stereocenters. The first-order valence-corrected chi connectivity index (χ1v) is 23.4. The van der Waals surface area contributed by atoms with Gasteiger partial charge < -0.3 is 0 Å². The van der Waals surface area contributed by atoms with Crippen LogP contribution in [0.25, 0.3) is 72.0 Å². The lowest BCUT2D eigenvalue weighted by Crippen LogP contribution is -2.26. The van der Waals surface area contributed by atoms with Gasteiger partial charge in [-0.25, -0.2) is 0 Å². The summed E-state index contributed by atoms with van der Waals surface area (Å²) in [5.41, 5.74) is 8.96. The second-order valence-electron chi connectivity index (χ2n) is 14.8. The minimum Gasteiger partial charge on any atom is -0.259 e. The minimum atomic E-state index is 0.497. The van der Waals surface area contributed by atoms with Crippen molar-refractivity contribution in [2.24, 2.45) is 9.98 Å². The summed E-state index contributed by atoms with van der Waals surface area (Å²) >= 11 is 7.89. The van der Waals surface area contributed by atoms with Gasteiger partial charge >= 0.3 is 0 Å². The normalized spacial score (nSPS) is 12.9. The Morgan fingerprint density at radius 1 is 0.472 bits per heavy atom. The second kappa shape index (κ2) is 15.0. The van der Waals surface area contributed by atoms with Crippen LogP contribution in [0.4, 0.5) is 0 Å². The van der Waals surface area contributed by atoms with Crippen molar-refractivity contribution in [3.8, 4) is 20.9 Å². The van der Waals surface area contributed by atoms with E-state index in [2.05, 4.69) is 87.0 Å². The molecule has 8 aromatic rings. The van der Waals surface area contributed by atoms with E-state index in [9.17, 15) is 0 Å². The summed E-state index contributed by atoms with van der Waals surface area (Å²) < 4.78 is 5.99. The highest BCUT2D eigenvalue weighted by atomic mass is 32.1. The molecule has 6 heteroatoms. The first kappa shape index (κ1) is 35.3. The minimum absolute atomic E-state index is 0.497. The molecule has 0 saturated carbocycles. The number of thiophene rings is 4. The second-order valence-corrected chi connectivity index (χ2v) is 18.7. The van der Waals surface area contributed by atoms with Gasteiger partial charge in [0, 0.05) is 61.2 Å². The van der Waals surface area contributed by atoms with Crippen molar-refractivity contribution >= 4 is 96.5 Å². The lowest BCUT2D eigenvalue weighted by atomic mass is 9.93. The van der Waals surface area contributed by atoms with Crippen LogP contribution in [-0.4, -0.2) is 6.67 Å². The highest BCUT2D eigenvalue weighted by molar-refractivity contribution is 7.24. The molecule has 1 aliphatic rings. The monoisotopic (exact) mass is 768 g/mol. The van der Waals surface area contributed by atoms with E-state index in [1.165, 1.54) is 136 Å². The third-order valence-electron chi connectivity index (χ3n) is 11.4. The zero-order valence-electron chi connectivity index (χ0n) is 31.5. The fourth-order valence-electron chi connectivity index (χ4n) is 8.80. The Kier molecular flexibility index (Phi) is 10.00. The van der Waals surface area contributed by atoms with Crippen LogP contribution in [0.1, 0.15) is 101 Å². The fraction of sp³-hybridized carbons (Fsp3) is 0.362. The summed E-state index contributed by atoms with van der Waals surface area (Å²) in [5, 5.41) is 15.1. The van der Waals surface area contributed by atoms with E-state index in [4.69, 9.17) is 9.98 Å². The highest BCUT2D eigenvalue weighted by Crippen LogP contribution is 2.47. The van der Waals surface area contributed by atoms with Gasteiger partial charge in [-0.05, 0) is 119 Å². The van der Waals surface area contributed by atoms with Crippen molar-refractivity contribution in [1.29, 1.82) is 0 Å². The van der Waals surface area contributed by atoms with Crippen LogP contribution >= 0.6 is 45.3 Å². The van der Waals surface area contributed by atoms with Crippen LogP contribution in [0.15, 0.2) is 69.3 Å². The lowest BCUT2D eigenvalue weighted by molar-refractivity contribution is 0.766. The zero-order chi connectivity index (χ0) is 36.1. The van der Waals surface area contributed by atoms with E-state index in [1.54, 1.807) is 22.3 Å². The Bertz CT molecular complexity index is 2580. The molecule has 53 heavy (non-hydrogen) atoms. The van der Waals surface area contributed by atoms with Crippen LogP contribution < -0.4 is 10.7 Å². The van der Waals surface area contributed by atoms with Crippen molar-refractivity contribution in [1.82, 2.24) is 0 Å². The van der Waals surface area contributed by atoms with Crippen molar-refractivity contribution < 1.29 is 0 Å². The third-order valence-corrected chi connectivity index (χ3v) is 15.8. The molecule has 0 atom stereocenters. The molecular weight excluding hydrogens is 721 g/mol.